The van der Waals surface area contributed by atoms with Crippen LogP contribution in [0.2, 0.25) is 5.02 Å². The van der Waals surface area contributed by atoms with E-state index in [2.05, 4.69) is 15.9 Å². The Labute approximate surface area is 135 Å². The number of anilines is 1. The summed E-state index contributed by atoms with van der Waals surface area (Å²) in [6.45, 7) is 0. The van der Waals surface area contributed by atoms with Gasteiger partial charge in [-0.1, -0.05) is 11.6 Å². The first-order chi connectivity index (χ1) is 9.97. The van der Waals surface area contributed by atoms with Gasteiger partial charge in [-0.2, -0.15) is 0 Å². The van der Waals surface area contributed by atoms with Crippen LogP contribution < -0.4 is 15.2 Å². The van der Waals surface area contributed by atoms with Gasteiger partial charge in [-0.05, 0) is 46.3 Å². The molecule has 0 aliphatic heterocycles. The lowest BCUT2D eigenvalue weighted by Crippen LogP contribution is -2.05. The van der Waals surface area contributed by atoms with Crippen LogP contribution in [0.1, 0.15) is 15.9 Å². The van der Waals surface area contributed by atoms with E-state index in [4.69, 9.17) is 26.8 Å². The second kappa shape index (κ2) is 6.37. The van der Waals surface area contributed by atoms with Crippen molar-refractivity contribution in [2.45, 2.75) is 0 Å². The van der Waals surface area contributed by atoms with Crippen molar-refractivity contribution in [3.05, 3.63) is 51.0 Å². The molecule has 2 aromatic rings. The van der Waals surface area contributed by atoms with E-state index in [0.717, 1.165) is 0 Å². The summed E-state index contributed by atoms with van der Waals surface area (Å²) in [5, 5.41) is 0.343. The highest BCUT2D eigenvalue weighted by Crippen LogP contribution is 2.35. The van der Waals surface area contributed by atoms with Gasteiger partial charge in [0.2, 0.25) is 0 Å². The minimum absolute atomic E-state index is 0.250. The molecule has 0 fully saturated rings. The lowest BCUT2D eigenvalue weighted by Gasteiger charge is -2.12. The van der Waals surface area contributed by atoms with Crippen molar-refractivity contribution < 1.29 is 14.3 Å². The van der Waals surface area contributed by atoms with Crippen LogP contribution in [0.25, 0.3) is 0 Å². The van der Waals surface area contributed by atoms with Crippen LogP contribution in [0.5, 0.6) is 11.5 Å². The summed E-state index contributed by atoms with van der Waals surface area (Å²) in [6.07, 6.45) is 0. The first-order valence-corrected chi connectivity index (χ1v) is 7.16. The molecule has 0 atom stereocenters. The number of methoxy groups -OCH3 is 2. The second-order valence-corrected chi connectivity index (χ2v) is 5.52. The molecule has 2 aromatic carbocycles. The number of hydrogen-bond donors (Lipinski definition) is 1. The molecule has 0 unspecified atom stereocenters. The fourth-order valence-corrected chi connectivity index (χ4v) is 2.60. The van der Waals surface area contributed by atoms with Crippen LogP contribution in [-0.2, 0) is 0 Å². The first-order valence-electron chi connectivity index (χ1n) is 5.99. The zero-order valence-corrected chi connectivity index (χ0v) is 13.8. The van der Waals surface area contributed by atoms with Crippen molar-refractivity contribution in [3.8, 4) is 11.5 Å². The fourth-order valence-electron chi connectivity index (χ4n) is 1.89. The van der Waals surface area contributed by atoms with Crippen molar-refractivity contribution in [2.24, 2.45) is 0 Å². The minimum atomic E-state index is -0.250. The van der Waals surface area contributed by atoms with Gasteiger partial charge in [0.25, 0.3) is 0 Å². The number of ketones is 1. The number of halogens is 2. The zero-order chi connectivity index (χ0) is 15.6. The molecular weight excluding hydrogens is 358 g/mol. The largest absolute Gasteiger partial charge is 0.493 e. The lowest BCUT2D eigenvalue weighted by atomic mass is 10.0. The van der Waals surface area contributed by atoms with E-state index in [1.54, 1.807) is 30.3 Å². The van der Waals surface area contributed by atoms with Gasteiger partial charge in [-0.3, -0.25) is 4.79 Å². The smallest absolute Gasteiger partial charge is 0.195 e. The molecule has 6 heteroatoms. The molecule has 110 valence electrons. The minimum Gasteiger partial charge on any atom is -0.493 e. The lowest BCUT2D eigenvalue weighted by molar-refractivity contribution is 0.103. The van der Waals surface area contributed by atoms with Crippen LogP contribution in [0.15, 0.2) is 34.8 Å². The van der Waals surface area contributed by atoms with E-state index in [-0.39, 0.29) is 5.78 Å². The Bertz CT molecular complexity index is 704. The molecule has 0 saturated carbocycles. The predicted molar refractivity (Wildman–Crippen MR) is 86.5 cm³/mol. The molecule has 2 rings (SSSR count). The van der Waals surface area contributed by atoms with Gasteiger partial charge < -0.3 is 15.2 Å². The number of rotatable bonds is 4. The molecule has 0 aliphatic rings. The van der Waals surface area contributed by atoms with Gasteiger partial charge in [-0.25, -0.2) is 0 Å². The Morgan fingerprint density at radius 1 is 1.10 bits per heavy atom. The summed E-state index contributed by atoms with van der Waals surface area (Å²) in [5.74, 6) is 0.740. The van der Waals surface area contributed by atoms with Crippen molar-refractivity contribution in [1.29, 1.82) is 0 Å². The highest BCUT2D eigenvalue weighted by atomic mass is 79.9. The predicted octanol–water partition coefficient (Wildman–Crippen LogP) is 3.93. The van der Waals surface area contributed by atoms with Gasteiger partial charge in [-0.15, -0.1) is 0 Å². The van der Waals surface area contributed by atoms with Crippen molar-refractivity contribution in [1.82, 2.24) is 0 Å². The zero-order valence-electron chi connectivity index (χ0n) is 11.4. The fraction of sp³-hybridized carbons (Fsp3) is 0.133. The highest BCUT2D eigenvalue weighted by molar-refractivity contribution is 9.10. The molecule has 0 heterocycles. The van der Waals surface area contributed by atoms with Crippen LogP contribution in [-0.4, -0.2) is 20.0 Å². The van der Waals surface area contributed by atoms with E-state index in [1.165, 1.54) is 14.2 Å². The van der Waals surface area contributed by atoms with Gasteiger partial charge in [0, 0.05) is 21.3 Å². The maximum Gasteiger partial charge on any atom is 0.195 e. The molecule has 0 amide bonds. The third-order valence-corrected chi connectivity index (χ3v) is 3.94. The van der Waals surface area contributed by atoms with E-state index >= 15 is 0 Å². The SMILES string of the molecule is COc1cc(Br)c(C(=O)c2cc(N)ccc2Cl)cc1OC. The molecule has 0 aromatic heterocycles. The topological polar surface area (TPSA) is 61.5 Å². The van der Waals surface area contributed by atoms with Crippen molar-refractivity contribution >= 4 is 39.0 Å². The van der Waals surface area contributed by atoms with Gasteiger partial charge in [0.15, 0.2) is 17.3 Å². The summed E-state index contributed by atoms with van der Waals surface area (Å²) in [7, 11) is 3.04. The maximum absolute atomic E-state index is 12.6. The molecule has 0 bridgehead atoms. The number of nitrogen functional groups attached to an aromatic ring is 1. The third-order valence-electron chi connectivity index (χ3n) is 2.95. The molecular formula is C15H13BrClNO3. The van der Waals surface area contributed by atoms with E-state index < -0.39 is 0 Å². The standard InChI is InChI=1S/C15H13BrClNO3/c1-20-13-6-9(11(16)7-14(13)21-2)15(19)10-5-8(18)3-4-12(10)17/h3-7H,18H2,1-2H3. The number of hydrogen-bond acceptors (Lipinski definition) is 4. The number of nitrogens with two attached hydrogens (primary N) is 1. The number of benzene rings is 2. The number of ether oxygens (including phenoxy) is 2. The molecule has 4 nitrogen and oxygen atoms in total. The molecule has 0 radical (unpaired) electrons. The average Bonchev–Trinajstić information content (AvgIpc) is 2.48. The first kappa shape index (κ1) is 15.7. The van der Waals surface area contributed by atoms with Crippen LogP contribution in [0.4, 0.5) is 5.69 Å². The Kier molecular flexibility index (Phi) is 4.75. The quantitative estimate of drug-likeness (QED) is 0.654. The normalized spacial score (nSPS) is 10.3. The second-order valence-electron chi connectivity index (χ2n) is 4.26. The van der Waals surface area contributed by atoms with Crippen LogP contribution in [0.3, 0.4) is 0 Å². The Morgan fingerprint density at radius 2 is 1.71 bits per heavy atom. The molecule has 2 N–H and O–H groups in total. The molecule has 21 heavy (non-hydrogen) atoms. The van der Waals surface area contributed by atoms with Gasteiger partial charge >= 0.3 is 0 Å². The Balaban J connectivity index is 2.55. The molecule has 0 aliphatic carbocycles. The number of carbonyl (C=O) groups excluding carboxylic acids is 1. The summed E-state index contributed by atoms with van der Waals surface area (Å²) in [6, 6.07) is 8.06. The summed E-state index contributed by atoms with van der Waals surface area (Å²) in [4.78, 5) is 12.6. The highest BCUT2D eigenvalue weighted by Gasteiger charge is 2.19. The molecule has 0 spiro atoms. The summed E-state index contributed by atoms with van der Waals surface area (Å²) < 4.78 is 11.0. The summed E-state index contributed by atoms with van der Waals surface area (Å²) in [5.41, 5.74) is 6.94. The monoisotopic (exact) mass is 369 g/mol. The van der Waals surface area contributed by atoms with Crippen LogP contribution >= 0.6 is 27.5 Å². The van der Waals surface area contributed by atoms with Crippen molar-refractivity contribution in [3.63, 3.8) is 0 Å². The van der Waals surface area contributed by atoms with E-state index in [0.29, 0.717) is 37.8 Å². The number of carbonyl (C=O) groups is 1. The van der Waals surface area contributed by atoms with Crippen molar-refractivity contribution in [2.75, 3.05) is 20.0 Å². The molecule has 0 saturated heterocycles. The van der Waals surface area contributed by atoms with Crippen LogP contribution in [0, 0.1) is 0 Å². The Hall–Kier alpha value is -1.72. The average molecular weight is 371 g/mol. The third kappa shape index (κ3) is 3.14. The van der Waals surface area contributed by atoms with Gasteiger partial charge in [0.05, 0.1) is 19.2 Å². The van der Waals surface area contributed by atoms with E-state index in [1.807, 2.05) is 0 Å². The maximum atomic E-state index is 12.6. The van der Waals surface area contributed by atoms with E-state index in [9.17, 15) is 4.79 Å². The Morgan fingerprint density at radius 3 is 2.33 bits per heavy atom. The summed E-state index contributed by atoms with van der Waals surface area (Å²) >= 11 is 9.44. The van der Waals surface area contributed by atoms with Gasteiger partial charge in [0.1, 0.15) is 0 Å².